The summed E-state index contributed by atoms with van der Waals surface area (Å²) in [6, 6.07) is 4.66. The third-order valence-corrected chi connectivity index (χ3v) is 2.54. The Morgan fingerprint density at radius 1 is 1.25 bits per heavy atom. The molecule has 1 aromatic heterocycles. The largest absolute Gasteiger partial charge is 0.342 e. The number of benzene rings is 1. The molecular formula is C13H12ClF3N2O. The molecule has 3 nitrogen and oxygen atoms in total. The number of halogens is 4. The van der Waals surface area contributed by atoms with Crippen LogP contribution in [0.25, 0.3) is 11.3 Å². The van der Waals surface area contributed by atoms with Gasteiger partial charge in [0.15, 0.2) is 0 Å². The predicted molar refractivity (Wildman–Crippen MR) is 70.0 cm³/mol. The van der Waals surface area contributed by atoms with Crippen LogP contribution in [0.15, 0.2) is 30.6 Å². The van der Waals surface area contributed by atoms with Gasteiger partial charge in [-0.15, -0.1) is 0 Å². The molecule has 0 radical (unpaired) electrons. The third kappa shape index (κ3) is 5.14. The standard InChI is InChI=1S/C12H10ClFN2.CH2F2O/c1-2-8-5-9(14)3-4-10(8)11-6-16-12(13)7-15-11;2-1(3)4/h3-7H,2H2,1H3;1,4H. The Morgan fingerprint density at radius 2 is 1.90 bits per heavy atom. The molecule has 2 rings (SSSR count). The fourth-order valence-corrected chi connectivity index (χ4v) is 1.65. The number of aliphatic hydroxyl groups excluding tert-OH is 1. The molecule has 0 amide bonds. The maximum absolute atomic E-state index is 13.1. The van der Waals surface area contributed by atoms with Crippen molar-refractivity contribution in [2.45, 2.75) is 20.0 Å². The van der Waals surface area contributed by atoms with Crippen molar-refractivity contribution < 1.29 is 18.3 Å². The van der Waals surface area contributed by atoms with E-state index in [9.17, 15) is 13.2 Å². The molecule has 0 aliphatic heterocycles. The Labute approximate surface area is 119 Å². The van der Waals surface area contributed by atoms with Gasteiger partial charge in [0.2, 0.25) is 0 Å². The van der Waals surface area contributed by atoms with E-state index in [1.54, 1.807) is 12.3 Å². The number of alkyl halides is 2. The zero-order chi connectivity index (χ0) is 15.1. The van der Waals surface area contributed by atoms with Gasteiger partial charge in [0.1, 0.15) is 11.0 Å². The molecule has 7 heteroatoms. The van der Waals surface area contributed by atoms with Crippen LogP contribution >= 0.6 is 11.6 Å². The van der Waals surface area contributed by atoms with Crippen LogP contribution < -0.4 is 0 Å². The number of nitrogens with zero attached hydrogens (tertiary/aromatic N) is 2. The van der Waals surface area contributed by atoms with Crippen LogP contribution in [0.2, 0.25) is 5.15 Å². The molecule has 0 saturated heterocycles. The molecule has 0 atom stereocenters. The minimum Gasteiger partial charge on any atom is -0.339 e. The fraction of sp³-hybridized carbons (Fsp3) is 0.231. The Morgan fingerprint density at radius 3 is 2.40 bits per heavy atom. The first kappa shape index (κ1) is 16.4. The van der Waals surface area contributed by atoms with E-state index in [1.807, 2.05) is 6.92 Å². The lowest BCUT2D eigenvalue weighted by molar-refractivity contribution is -0.0728. The Kier molecular flexibility index (Phi) is 6.41. The molecule has 0 aliphatic carbocycles. The van der Waals surface area contributed by atoms with E-state index in [4.69, 9.17) is 16.7 Å². The van der Waals surface area contributed by atoms with Gasteiger partial charge in [0, 0.05) is 5.56 Å². The normalized spacial score (nSPS) is 10.2. The van der Waals surface area contributed by atoms with Gasteiger partial charge in [-0.05, 0) is 30.2 Å². The van der Waals surface area contributed by atoms with E-state index >= 15 is 0 Å². The zero-order valence-electron chi connectivity index (χ0n) is 10.5. The van der Waals surface area contributed by atoms with Gasteiger partial charge >= 0.3 is 6.61 Å². The summed E-state index contributed by atoms with van der Waals surface area (Å²) in [4.78, 5) is 8.13. The Hall–Kier alpha value is -1.66. The average Bonchev–Trinajstić information content (AvgIpc) is 2.39. The molecule has 108 valence electrons. The maximum Gasteiger partial charge on any atom is 0.342 e. The molecule has 0 saturated carbocycles. The quantitative estimate of drug-likeness (QED) is 0.920. The van der Waals surface area contributed by atoms with E-state index in [2.05, 4.69) is 9.97 Å². The molecule has 0 spiro atoms. The summed E-state index contributed by atoms with van der Waals surface area (Å²) >= 11 is 5.66. The van der Waals surface area contributed by atoms with Crippen molar-refractivity contribution in [2.75, 3.05) is 0 Å². The van der Waals surface area contributed by atoms with Gasteiger partial charge in [0.25, 0.3) is 0 Å². The van der Waals surface area contributed by atoms with Crippen LogP contribution in [-0.4, -0.2) is 21.7 Å². The fourth-order valence-electron chi connectivity index (χ4n) is 1.56. The highest BCUT2D eigenvalue weighted by Crippen LogP contribution is 2.23. The lowest BCUT2D eigenvalue weighted by Gasteiger charge is -2.06. The summed E-state index contributed by atoms with van der Waals surface area (Å²) in [7, 11) is 0. The van der Waals surface area contributed by atoms with Crippen LogP contribution in [0.5, 0.6) is 0 Å². The molecule has 1 N–H and O–H groups in total. The second-order valence-electron chi connectivity index (χ2n) is 3.66. The first-order valence-electron chi connectivity index (χ1n) is 5.66. The predicted octanol–water partition coefficient (Wildman–Crippen LogP) is 3.70. The van der Waals surface area contributed by atoms with E-state index < -0.39 is 6.61 Å². The van der Waals surface area contributed by atoms with E-state index in [-0.39, 0.29) is 5.82 Å². The minimum atomic E-state index is -3.17. The topological polar surface area (TPSA) is 46.0 Å². The number of hydrogen-bond donors (Lipinski definition) is 1. The number of rotatable bonds is 2. The summed E-state index contributed by atoms with van der Waals surface area (Å²) < 4.78 is 32.8. The van der Waals surface area contributed by atoms with E-state index in [0.717, 1.165) is 17.5 Å². The highest BCUT2D eigenvalue weighted by Gasteiger charge is 2.06. The van der Waals surface area contributed by atoms with Crippen LogP contribution in [0.1, 0.15) is 12.5 Å². The van der Waals surface area contributed by atoms with Crippen LogP contribution in [0.3, 0.4) is 0 Å². The van der Waals surface area contributed by atoms with Gasteiger partial charge in [0.05, 0.1) is 18.1 Å². The number of aromatic nitrogens is 2. The SMILES string of the molecule is CCc1cc(F)ccc1-c1cnc(Cl)cn1.OC(F)F. The van der Waals surface area contributed by atoms with Crippen molar-refractivity contribution >= 4 is 11.6 Å². The smallest absolute Gasteiger partial charge is 0.339 e. The summed E-state index contributed by atoms with van der Waals surface area (Å²) in [5, 5.41) is 7.07. The van der Waals surface area contributed by atoms with E-state index in [1.165, 1.54) is 18.3 Å². The highest BCUT2D eigenvalue weighted by atomic mass is 35.5. The molecule has 0 fully saturated rings. The second kappa shape index (κ2) is 7.81. The first-order valence-corrected chi connectivity index (χ1v) is 6.04. The molecule has 2 aromatic rings. The van der Waals surface area contributed by atoms with Crippen molar-refractivity contribution in [3.05, 3.63) is 47.1 Å². The zero-order valence-corrected chi connectivity index (χ0v) is 11.3. The van der Waals surface area contributed by atoms with Gasteiger partial charge < -0.3 is 5.11 Å². The van der Waals surface area contributed by atoms with Gasteiger partial charge in [-0.3, -0.25) is 4.98 Å². The molecule has 0 aliphatic rings. The molecule has 1 aromatic carbocycles. The van der Waals surface area contributed by atoms with E-state index in [0.29, 0.717) is 10.8 Å². The first-order chi connectivity index (χ1) is 9.43. The molecule has 1 heterocycles. The number of aliphatic hydroxyl groups is 1. The minimum absolute atomic E-state index is 0.234. The highest BCUT2D eigenvalue weighted by molar-refractivity contribution is 6.29. The molecular weight excluding hydrogens is 293 g/mol. The van der Waals surface area contributed by atoms with Crippen LogP contribution in [0.4, 0.5) is 13.2 Å². The Balaban J connectivity index is 0.000000444. The van der Waals surface area contributed by atoms with Gasteiger partial charge in [-0.1, -0.05) is 18.5 Å². The molecule has 0 bridgehead atoms. The van der Waals surface area contributed by atoms with Crippen LogP contribution in [0, 0.1) is 5.82 Å². The lowest BCUT2D eigenvalue weighted by Crippen LogP contribution is -1.92. The maximum atomic E-state index is 13.1. The van der Waals surface area contributed by atoms with Crippen molar-refractivity contribution in [2.24, 2.45) is 0 Å². The summed E-state index contributed by atoms with van der Waals surface area (Å²) in [5.74, 6) is -0.234. The van der Waals surface area contributed by atoms with Crippen molar-refractivity contribution in [1.82, 2.24) is 9.97 Å². The van der Waals surface area contributed by atoms with Gasteiger partial charge in [-0.25, -0.2) is 9.37 Å². The third-order valence-electron chi connectivity index (χ3n) is 2.34. The summed E-state index contributed by atoms with van der Waals surface area (Å²) in [6.07, 6.45) is 3.83. The molecule has 20 heavy (non-hydrogen) atoms. The van der Waals surface area contributed by atoms with Crippen molar-refractivity contribution in [3.8, 4) is 11.3 Å². The number of hydrogen-bond acceptors (Lipinski definition) is 3. The average molecular weight is 305 g/mol. The van der Waals surface area contributed by atoms with Gasteiger partial charge in [-0.2, -0.15) is 8.78 Å². The second-order valence-corrected chi connectivity index (χ2v) is 4.04. The van der Waals surface area contributed by atoms with Crippen molar-refractivity contribution in [3.63, 3.8) is 0 Å². The summed E-state index contributed by atoms with van der Waals surface area (Å²) in [5.41, 5.74) is 2.52. The lowest BCUT2D eigenvalue weighted by atomic mass is 10.0. The van der Waals surface area contributed by atoms with Crippen LogP contribution in [-0.2, 0) is 6.42 Å². The number of aryl methyl sites for hydroxylation is 1. The van der Waals surface area contributed by atoms with Crippen molar-refractivity contribution in [1.29, 1.82) is 0 Å². The Bertz CT molecular complexity index is 547. The monoisotopic (exact) mass is 304 g/mol. The molecule has 0 unspecified atom stereocenters. The summed E-state index contributed by atoms with van der Waals surface area (Å²) in [6.45, 7) is -1.19.